The molecular formula is C16H15ClN2OS. The highest BCUT2D eigenvalue weighted by Gasteiger charge is 2.16. The maximum absolute atomic E-state index is 12.4. The Kier molecular flexibility index (Phi) is 3.59. The molecule has 5 heteroatoms. The molecule has 0 unspecified atom stereocenters. The Balaban J connectivity index is 2.35. The molecule has 0 saturated heterocycles. The van der Waals surface area contributed by atoms with Crippen LogP contribution in [0, 0.1) is 20.8 Å². The largest absolute Gasteiger partial charge is 0.309 e. The zero-order valence-corrected chi connectivity index (χ0v) is 13.7. The van der Waals surface area contributed by atoms with Crippen molar-refractivity contribution >= 4 is 33.2 Å². The van der Waals surface area contributed by atoms with Crippen LogP contribution in [-0.2, 0) is 5.88 Å². The predicted molar refractivity (Wildman–Crippen MR) is 89.4 cm³/mol. The lowest BCUT2D eigenvalue weighted by Gasteiger charge is -2.10. The van der Waals surface area contributed by atoms with E-state index in [9.17, 15) is 4.79 Å². The Hall–Kier alpha value is -1.65. The van der Waals surface area contributed by atoms with Crippen molar-refractivity contribution < 1.29 is 0 Å². The summed E-state index contributed by atoms with van der Waals surface area (Å²) < 4.78 is 0. The molecule has 0 aliphatic rings. The van der Waals surface area contributed by atoms with Gasteiger partial charge < -0.3 is 4.98 Å². The smallest absolute Gasteiger partial charge is 0.260 e. The van der Waals surface area contributed by atoms with Gasteiger partial charge >= 0.3 is 0 Å². The number of halogens is 1. The lowest BCUT2D eigenvalue weighted by atomic mass is 9.94. The number of thiophene rings is 1. The third-order valence-corrected chi connectivity index (χ3v) is 4.69. The molecule has 0 bridgehead atoms. The Morgan fingerprint density at radius 2 is 1.90 bits per heavy atom. The monoisotopic (exact) mass is 318 g/mol. The average Bonchev–Trinajstić information content (AvgIpc) is 2.81. The van der Waals surface area contributed by atoms with Crippen molar-refractivity contribution in [1.82, 2.24) is 9.97 Å². The highest BCUT2D eigenvalue weighted by atomic mass is 35.5. The minimum atomic E-state index is -0.119. The molecule has 0 radical (unpaired) electrons. The van der Waals surface area contributed by atoms with Crippen LogP contribution in [0.4, 0.5) is 0 Å². The topological polar surface area (TPSA) is 45.8 Å². The van der Waals surface area contributed by atoms with E-state index in [1.54, 1.807) is 0 Å². The number of hydrogen-bond acceptors (Lipinski definition) is 3. The van der Waals surface area contributed by atoms with E-state index < -0.39 is 0 Å². The van der Waals surface area contributed by atoms with Crippen LogP contribution in [-0.4, -0.2) is 9.97 Å². The molecule has 0 amide bonds. The second kappa shape index (κ2) is 5.28. The molecular weight excluding hydrogens is 304 g/mol. The quantitative estimate of drug-likeness (QED) is 0.715. The van der Waals surface area contributed by atoms with Gasteiger partial charge in [0.2, 0.25) is 0 Å². The van der Waals surface area contributed by atoms with Gasteiger partial charge in [-0.25, -0.2) is 4.98 Å². The van der Waals surface area contributed by atoms with E-state index in [1.807, 2.05) is 5.38 Å². The number of nitrogens with zero attached hydrogens (tertiary/aromatic N) is 1. The van der Waals surface area contributed by atoms with Crippen molar-refractivity contribution in [3.05, 3.63) is 50.4 Å². The number of aromatic amines is 1. The number of aryl methyl sites for hydroxylation is 3. The van der Waals surface area contributed by atoms with E-state index in [1.165, 1.54) is 28.0 Å². The van der Waals surface area contributed by atoms with Crippen molar-refractivity contribution in [3.63, 3.8) is 0 Å². The van der Waals surface area contributed by atoms with Crippen LogP contribution in [0.2, 0.25) is 0 Å². The van der Waals surface area contributed by atoms with Gasteiger partial charge in [0.15, 0.2) is 0 Å². The number of hydrogen-bond donors (Lipinski definition) is 1. The molecule has 3 aromatic rings. The minimum Gasteiger partial charge on any atom is -0.309 e. The van der Waals surface area contributed by atoms with Crippen LogP contribution in [0.15, 0.2) is 22.3 Å². The van der Waals surface area contributed by atoms with Crippen LogP contribution < -0.4 is 5.56 Å². The normalized spacial score (nSPS) is 11.2. The first-order valence-corrected chi connectivity index (χ1v) is 8.07. The molecule has 0 fully saturated rings. The number of alkyl halides is 1. The predicted octanol–water partition coefficient (Wildman–Crippen LogP) is 4.32. The number of H-pyrrole nitrogens is 1. The molecule has 3 rings (SSSR count). The first kappa shape index (κ1) is 14.3. The van der Waals surface area contributed by atoms with Crippen LogP contribution in [0.5, 0.6) is 0 Å². The van der Waals surface area contributed by atoms with Crippen LogP contribution in [0.25, 0.3) is 21.3 Å². The van der Waals surface area contributed by atoms with Crippen molar-refractivity contribution in [2.75, 3.05) is 0 Å². The first-order chi connectivity index (χ1) is 10.0. The standard InChI is InChI=1S/C16H15ClN2OS/c1-8-4-9(2)13(10(3)5-8)11-7-21-16-14(11)15(20)18-12(6-17)19-16/h4-5,7H,6H2,1-3H3,(H,18,19,20). The fourth-order valence-corrected chi connectivity index (χ4v) is 3.92. The molecule has 2 heterocycles. The van der Waals surface area contributed by atoms with E-state index in [4.69, 9.17) is 11.6 Å². The highest BCUT2D eigenvalue weighted by molar-refractivity contribution is 7.17. The van der Waals surface area contributed by atoms with Gasteiger partial charge in [0.05, 0.1) is 11.3 Å². The molecule has 3 nitrogen and oxygen atoms in total. The lowest BCUT2D eigenvalue weighted by Crippen LogP contribution is -2.10. The summed E-state index contributed by atoms with van der Waals surface area (Å²) in [6.45, 7) is 6.23. The van der Waals surface area contributed by atoms with Crippen molar-refractivity contribution in [2.45, 2.75) is 26.7 Å². The Labute approximate surface area is 131 Å². The summed E-state index contributed by atoms with van der Waals surface area (Å²) in [6, 6.07) is 4.28. The van der Waals surface area contributed by atoms with Gasteiger partial charge in [-0.05, 0) is 37.5 Å². The number of nitrogens with one attached hydrogen (secondary N) is 1. The molecule has 21 heavy (non-hydrogen) atoms. The van der Waals surface area contributed by atoms with Crippen LogP contribution in [0.1, 0.15) is 22.5 Å². The summed E-state index contributed by atoms with van der Waals surface area (Å²) in [5, 5.41) is 2.67. The molecule has 0 saturated carbocycles. The third-order valence-electron chi connectivity index (χ3n) is 3.57. The minimum absolute atomic E-state index is 0.119. The molecule has 0 aliphatic heterocycles. The fraction of sp³-hybridized carbons (Fsp3) is 0.250. The molecule has 0 spiro atoms. The third kappa shape index (κ3) is 2.39. The molecule has 1 aromatic carbocycles. The summed E-state index contributed by atoms with van der Waals surface area (Å²) in [5.41, 5.74) is 5.54. The Morgan fingerprint density at radius 1 is 1.24 bits per heavy atom. The second-order valence-electron chi connectivity index (χ2n) is 5.25. The molecule has 1 N–H and O–H groups in total. The second-order valence-corrected chi connectivity index (χ2v) is 6.37. The molecule has 0 aliphatic carbocycles. The van der Waals surface area contributed by atoms with Gasteiger partial charge in [0, 0.05) is 10.9 Å². The van der Waals surface area contributed by atoms with Gasteiger partial charge in [-0.15, -0.1) is 22.9 Å². The summed E-state index contributed by atoms with van der Waals surface area (Å²) in [4.78, 5) is 20.3. The van der Waals surface area contributed by atoms with Gasteiger partial charge in [-0.2, -0.15) is 0 Å². The number of fused-ring (bicyclic) bond motifs is 1. The van der Waals surface area contributed by atoms with Crippen molar-refractivity contribution in [3.8, 4) is 11.1 Å². The van der Waals surface area contributed by atoms with E-state index >= 15 is 0 Å². The first-order valence-electron chi connectivity index (χ1n) is 6.66. The average molecular weight is 319 g/mol. The van der Waals surface area contributed by atoms with Crippen LogP contribution >= 0.6 is 22.9 Å². The van der Waals surface area contributed by atoms with Gasteiger partial charge in [-0.3, -0.25) is 4.79 Å². The van der Waals surface area contributed by atoms with E-state index in [2.05, 4.69) is 42.9 Å². The summed E-state index contributed by atoms with van der Waals surface area (Å²) >= 11 is 7.25. The summed E-state index contributed by atoms with van der Waals surface area (Å²) in [5.74, 6) is 0.723. The maximum atomic E-state index is 12.4. The number of benzene rings is 1. The fourth-order valence-electron chi connectivity index (χ4n) is 2.85. The lowest BCUT2D eigenvalue weighted by molar-refractivity contribution is 1.04. The molecule has 0 atom stereocenters. The van der Waals surface area contributed by atoms with Crippen LogP contribution in [0.3, 0.4) is 0 Å². The van der Waals surface area contributed by atoms with Crippen molar-refractivity contribution in [1.29, 1.82) is 0 Å². The van der Waals surface area contributed by atoms with E-state index in [0.717, 1.165) is 16.0 Å². The Morgan fingerprint density at radius 3 is 2.52 bits per heavy atom. The van der Waals surface area contributed by atoms with E-state index in [-0.39, 0.29) is 11.4 Å². The zero-order valence-electron chi connectivity index (χ0n) is 12.1. The van der Waals surface area contributed by atoms with Crippen molar-refractivity contribution in [2.24, 2.45) is 0 Å². The highest BCUT2D eigenvalue weighted by Crippen LogP contribution is 2.35. The zero-order chi connectivity index (χ0) is 15.1. The summed E-state index contributed by atoms with van der Waals surface area (Å²) in [7, 11) is 0. The van der Waals surface area contributed by atoms with E-state index in [0.29, 0.717) is 11.2 Å². The van der Waals surface area contributed by atoms with Gasteiger partial charge in [0.1, 0.15) is 10.7 Å². The summed E-state index contributed by atoms with van der Waals surface area (Å²) in [6.07, 6.45) is 0. The molecule has 2 aromatic heterocycles. The number of rotatable bonds is 2. The molecule has 108 valence electrons. The Bertz CT molecular complexity index is 872. The van der Waals surface area contributed by atoms with Gasteiger partial charge in [0.25, 0.3) is 5.56 Å². The SMILES string of the molecule is Cc1cc(C)c(-c2csc3nc(CCl)[nH]c(=O)c23)c(C)c1. The van der Waals surface area contributed by atoms with Gasteiger partial charge in [-0.1, -0.05) is 17.7 Å². The number of aromatic nitrogens is 2. The maximum Gasteiger partial charge on any atom is 0.260 e.